The second-order valence-corrected chi connectivity index (χ2v) is 10.3. The predicted octanol–water partition coefficient (Wildman–Crippen LogP) is 4.07. The van der Waals surface area contributed by atoms with Crippen molar-refractivity contribution in [3.05, 3.63) is 0 Å². The van der Waals surface area contributed by atoms with Crippen LogP contribution in [-0.2, 0) is 23.1 Å². The number of carbonyl (C=O) groups is 1. The molecule has 2 unspecified atom stereocenters. The van der Waals surface area contributed by atoms with Crippen LogP contribution in [0.5, 0.6) is 0 Å². The standard InChI is InChI=1S/C17H35AsO6S/c1-4-5-6-7-8-9-10-11-12-13-17(19)24-18-16(15(2)3)14-23-25(20,21)22/h15-16,18H,4-14H2,1-3H3,(H,20,21,22). The molecular weight excluding hydrogens is 407 g/mol. The third-order valence-electron chi connectivity index (χ3n) is 4.01. The number of hydrogen-bond donors (Lipinski definition) is 1. The molecular formula is C17H35AsO6S. The molecule has 0 spiro atoms. The van der Waals surface area contributed by atoms with Crippen LogP contribution in [0.4, 0.5) is 0 Å². The van der Waals surface area contributed by atoms with E-state index in [0.717, 1.165) is 19.3 Å². The second-order valence-electron chi connectivity index (χ2n) is 6.73. The molecule has 150 valence electrons. The van der Waals surface area contributed by atoms with Crippen molar-refractivity contribution in [2.24, 2.45) is 5.92 Å². The summed E-state index contributed by atoms with van der Waals surface area (Å²) in [4.78, 5) is 11.8. The first kappa shape index (κ1) is 24.9. The maximum absolute atomic E-state index is 11.8. The van der Waals surface area contributed by atoms with E-state index in [2.05, 4.69) is 11.1 Å². The third-order valence-corrected chi connectivity index (χ3v) is 7.55. The SMILES string of the molecule is CCCCCCCCCCCC(=O)O[AsH]C(COS(=O)(=O)O)C(C)C. The number of unbranched alkanes of at least 4 members (excludes halogenated alkanes) is 8. The van der Waals surface area contributed by atoms with Gasteiger partial charge < -0.3 is 0 Å². The van der Waals surface area contributed by atoms with Gasteiger partial charge in [0.2, 0.25) is 0 Å². The molecule has 6 nitrogen and oxygen atoms in total. The van der Waals surface area contributed by atoms with Gasteiger partial charge in [0.15, 0.2) is 0 Å². The van der Waals surface area contributed by atoms with E-state index in [1.807, 2.05) is 13.8 Å². The molecule has 0 fully saturated rings. The first-order chi connectivity index (χ1) is 11.8. The number of rotatable bonds is 16. The Kier molecular flexibility index (Phi) is 14.9. The number of hydrogen-bond acceptors (Lipinski definition) is 5. The predicted molar refractivity (Wildman–Crippen MR) is 101 cm³/mol. The molecule has 0 aromatic heterocycles. The van der Waals surface area contributed by atoms with E-state index in [0.29, 0.717) is 6.42 Å². The molecule has 0 radical (unpaired) electrons. The van der Waals surface area contributed by atoms with Crippen molar-refractivity contribution in [2.45, 2.75) is 89.7 Å². The zero-order chi connectivity index (χ0) is 19.1. The Labute approximate surface area is 160 Å². The summed E-state index contributed by atoms with van der Waals surface area (Å²) in [6.07, 6.45) is 11.2. The summed E-state index contributed by atoms with van der Waals surface area (Å²) in [6, 6.07) is 0. The Morgan fingerprint density at radius 3 is 2.00 bits per heavy atom. The fraction of sp³-hybridized carbons (Fsp3) is 0.941. The van der Waals surface area contributed by atoms with E-state index in [9.17, 15) is 13.2 Å². The Bertz CT molecular complexity index is 438. The molecule has 0 aromatic carbocycles. The monoisotopic (exact) mass is 442 g/mol. The van der Waals surface area contributed by atoms with Gasteiger partial charge in [-0.2, -0.15) is 0 Å². The normalized spacial score (nSPS) is 13.6. The Morgan fingerprint density at radius 1 is 1.00 bits per heavy atom. The average molecular weight is 442 g/mol. The van der Waals surface area contributed by atoms with Gasteiger partial charge in [-0.25, -0.2) is 0 Å². The molecule has 0 heterocycles. The van der Waals surface area contributed by atoms with Gasteiger partial charge in [0, 0.05) is 0 Å². The molecule has 0 aliphatic rings. The topological polar surface area (TPSA) is 89.9 Å². The van der Waals surface area contributed by atoms with Crippen LogP contribution < -0.4 is 0 Å². The van der Waals surface area contributed by atoms with Gasteiger partial charge in [-0.3, -0.25) is 0 Å². The van der Waals surface area contributed by atoms with Crippen LogP contribution in [0.2, 0.25) is 4.71 Å². The molecule has 0 aliphatic heterocycles. The molecule has 8 heteroatoms. The van der Waals surface area contributed by atoms with Crippen molar-refractivity contribution in [2.75, 3.05) is 6.61 Å². The zero-order valence-electron chi connectivity index (χ0n) is 15.8. The van der Waals surface area contributed by atoms with Crippen molar-refractivity contribution in [1.82, 2.24) is 0 Å². The van der Waals surface area contributed by atoms with Gasteiger partial charge in [-0.15, -0.1) is 0 Å². The summed E-state index contributed by atoms with van der Waals surface area (Å²) in [5.74, 6) is -0.0808. The number of carbonyl (C=O) groups excluding carboxylic acids is 1. The Balaban J connectivity index is 3.72. The molecule has 0 saturated carbocycles. The molecule has 0 aliphatic carbocycles. The molecule has 0 aromatic rings. The van der Waals surface area contributed by atoms with Crippen LogP contribution in [0, 0.1) is 5.92 Å². The van der Waals surface area contributed by atoms with E-state index in [1.54, 1.807) is 0 Å². The van der Waals surface area contributed by atoms with Gasteiger partial charge in [0.1, 0.15) is 0 Å². The summed E-state index contributed by atoms with van der Waals surface area (Å²) in [5.41, 5.74) is 0. The molecule has 25 heavy (non-hydrogen) atoms. The molecule has 0 bridgehead atoms. The maximum atomic E-state index is 11.8. The van der Waals surface area contributed by atoms with Crippen LogP contribution in [-0.4, -0.2) is 41.6 Å². The van der Waals surface area contributed by atoms with E-state index < -0.39 is 26.5 Å². The average Bonchev–Trinajstić information content (AvgIpc) is 2.51. The van der Waals surface area contributed by atoms with Crippen molar-refractivity contribution in [3.8, 4) is 0 Å². The van der Waals surface area contributed by atoms with E-state index in [4.69, 9.17) is 8.28 Å². The van der Waals surface area contributed by atoms with Crippen molar-refractivity contribution in [3.63, 3.8) is 0 Å². The molecule has 0 amide bonds. The van der Waals surface area contributed by atoms with Gasteiger partial charge in [0.25, 0.3) is 0 Å². The van der Waals surface area contributed by atoms with Gasteiger partial charge in [0.05, 0.1) is 0 Å². The van der Waals surface area contributed by atoms with Crippen LogP contribution in [0.15, 0.2) is 0 Å². The molecule has 1 N–H and O–H groups in total. The zero-order valence-corrected chi connectivity index (χ0v) is 18.7. The van der Waals surface area contributed by atoms with Crippen LogP contribution >= 0.6 is 0 Å². The summed E-state index contributed by atoms with van der Waals surface area (Å²) in [5, 5.41) is 0. The minimum atomic E-state index is -4.44. The van der Waals surface area contributed by atoms with Crippen molar-refractivity contribution < 1.29 is 25.7 Å². The van der Waals surface area contributed by atoms with Crippen LogP contribution in [0.3, 0.4) is 0 Å². The summed E-state index contributed by atoms with van der Waals surface area (Å²) in [6.45, 7) is 5.90. The third kappa shape index (κ3) is 17.1. The van der Waals surface area contributed by atoms with Crippen molar-refractivity contribution in [1.29, 1.82) is 0 Å². The molecule has 2 atom stereocenters. The van der Waals surface area contributed by atoms with Crippen molar-refractivity contribution >= 4 is 32.5 Å². The fourth-order valence-electron chi connectivity index (χ4n) is 2.29. The van der Waals surface area contributed by atoms with E-state index in [1.165, 1.54) is 38.5 Å². The van der Waals surface area contributed by atoms with E-state index in [-0.39, 0.29) is 23.2 Å². The van der Waals surface area contributed by atoms with Gasteiger partial charge in [-0.1, -0.05) is 6.92 Å². The second kappa shape index (κ2) is 15.0. The summed E-state index contributed by atoms with van der Waals surface area (Å²) in [7, 11) is -4.44. The first-order valence-corrected chi connectivity index (χ1v) is 12.8. The molecule has 0 rings (SSSR count). The van der Waals surface area contributed by atoms with Gasteiger partial charge >= 0.3 is 153 Å². The van der Waals surface area contributed by atoms with Gasteiger partial charge in [-0.05, 0) is 0 Å². The fourth-order valence-corrected chi connectivity index (χ4v) is 4.56. The van der Waals surface area contributed by atoms with Crippen LogP contribution in [0.1, 0.15) is 85.0 Å². The quantitative estimate of drug-likeness (QED) is 0.220. The summed E-state index contributed by atoms with van der Waals surface area (Å²) >= 11 is -1.11. The Hall–Kier alpha value is -0.102. The van der Waals surface area contributed by atoms with E-state index >= 15 is 0 Å². The summed E-state index contributed by atoms with van der Waals surface area (Å²) < 4.78 is 39.5. The first-order valence-electron chi connectivity index (χ1n) is 9.33. The Morgan fingerprint density at radius 2 is 1.52 bits per heavy atom. The van der Waals surface area contributed by atoms with Crippen LogP contribution in [0.25, 0.3) is 0 Å². The minimum absolute atomic E-state index is 0.127. The molecule has 0 saturated heterocycles.